The van der Waals surface area contributed by atoms with E-state index in [9.17, 15) is 9.90 Å². The summed E-state index contributed by atoms with van der Waals surface area (Å²) in [6.07, 6.45) is 0.706. The second-order valence-electron chi connectivity index (χ2n) is 5.98. The van der Waals surface area contributed by atoms with Crippen LogP contribution in [0.4, 0.5) is 0 Å². The predicted octanol–water partition coefficient (Wildman–Crippen LogP) is 2.00. The van der Waals surface area contributed by atoms with Crippen LogP contribution in [0.3, 0.4) is 0 Å². The van der Waals surface area contributed by atoms with E-state index in [-0.39, 0.29) is 11.7 Å². The second kappa shape index (κ2) is 6.10. The number of fused-ring (bicyclic) bond motifs is 1. The number of likely N-dealkylation sites (tertiary alicyclic amines) is 1. The molecule has 3 rings (SSSR count). The van der Waals surface area contributed by atoms with Gasteiger partial charge in [-0.15, -0.1) is 0 Å². The van der Waals surface area contributed by atoms with Crippen molar-refractivity contribution in [2.45, 2.75) is 26.0 Å². The molecule has 1 aromatic heterocycles. The van der Waals surface area contributed by atoms with Crippen molar-refractivity contribution in [3.8, 4) is 5.75 Å². The lowest BCUT2D eigenvalue weighted by molar-refractivity contribution is 0.127. The normalized spacial score (nSPS) is 20.4. The van der Waals surface area contributed by atoms with E-state index in [2.05, 4.69) is 4.90 Å². The van der Waals surface area contributed by atoms with E-state index >= 15 is 0 Å². The van der Waals surface area contributed by atoms with Gasteiger partial charge >= 0.3 is 5.63 Å². The van der Waals surface area contributed by atoms with Crippen LogP contribution in [0.5, 0.6) is 5.75 Å². The summed E-state index contributed by atoms with van der Waals surface area (Å²) < 4.78 is 10.5. The standard InChI is InChI=1S/C17H21NO4/c1-11(19)12-5-6-18(9-12)10-13-7-17(20)22-16-8-14(21-2)3-4-15(13)16/h3-4,7-8,11-12,19H,5-6,9-10H2,1-2H3. The van der Waals surface area contributed by atoms with Crippen molar-refractivity contribution in [1.29, 1.82) is 0 Å². The summed E-state index contributed by atoms with van der Waals surface area (Å²) in [7, 11) is 1.59. The Hall–Kier alpha value is -1.85. The molecule has 5 heteroatoms. The van der Waals surface area contributed by atoms with Gasteiger partial charge in [0.1, 0.15) is 11.3 Å². The number of aliphatic hydroxyl groups is 1. The highest BCUT2D eigenvalue weighted by Crippen LogP contribution is 2.26. The largest absolute Gasteiger partial charge is 0.497 e. The summed E-state index contributed by atoms with van der Waals surface area (Å²) in [4.78, 5) is 14.1. The van der Waals surface area contributed by atoms with Gasteiger partial charge in [0, 0.05) is 30.6 Å². The van der Waals surface area contributed by atoms with Gasteiger partial charge in [-0.25, -0.2) is 4.79 Å². The summed E-state index contributed by atoms with van der Waals surface area (Å²) in [6, 6.07) is 7.09. The number of hydrogen-bond donors (Lipinski definition) is 1. The highest BCUT2D eigenvalue weighted by Gasteiger charge is 2.26. The average Bonchev–Trinajstić information content (AvgIpc) is 2.95. The minimum atomic E-state index is -0.345. The SMILES string of the molecule is COc1ccc2c(CN3CCC(C(C)O)C3)cc(=O)oc2c1. The van der Waals surface area contributed by atoms with E-state index < -0.39 is 0 Å². The van der Waals surface area contributed by atoms with E-state index in [4.69, 9.17) is 9.15 Å². The van der Waals surface area contributed by atoms with Crippen molar-refractivity contribution in [2.75, 3.05) is 20.2 Å². The molecular weight excluding hydrogens is 282 g/mol. The minimum absolute atomic E-state index is 0.285. The number of methoxy groups -OCH3 is 1. The van der Waals surface area contributed by atoms with Crippen LogP contribution in [0.2, 0.25) is 0 Å². The fourth-order valence-corrected chi connectivity index (χ4v) is 3.11. The molecular formula is C17H21NO4. The molecule has 1 aliphatic heterocycles. The second-order valence-corrected chi connectivity index (χ2v) is 5.98. The Morgan fingerprint density at radius 2 is 2.27 bits per heavy atom. The van der Waals surface area contributed by atoms with Crippen LogP contribution in [0, 0.1) is 5.92 Å². The molecule has 1 N–H and O–H groups in total. The van der Waals surface area contributed by atoms with Crippen molar-refractivity contribution < 1.29 is 14.3 Å². The Labute approximate surface area is 129 Å². The van der Waals surface area contributed by atoms with Crippen LogP contribution >= 0.6 is 0 Å². The van der Waals surface area contributed by atoms with E-state index in [1.807, 2.05) is 19.1 Å². The predicted molar refractivity (Wildman–Crippen MR) is 84.1 cm³/mol. The van der Waals surface area contributed by atoms with Crippen molar-refractivity contribution in [1.82, 2.24) is 4.90 Å². The highest BCUT2D eigenvalue weighted by molar-refractivity contribution is 5.81. The molecule has 1 aliphatic rings. The van der Waals surface area contributed by atoms with Crippen molar-refractivity contribution in [3.05, 3.63) is 40.2 Å². The Kier molecular flexibility index (Phi) is 4.18. The molecule has 5 nitrogen and oxygen atoms in total. The van der Waals surface area contributed by atoms with Crippen LogP contribution in [-0.4, -0.2) is 36.3 Å². The van der Waals surface area contributed by atoms with Gasteiger partial charge in [-0.1, -0.05) is 0 Å². The Balaban J connectivity index is 1.89. The number of hydrogen-bond acceptors (Lipinski definition) is 5. The van der Waals surface area contributed by atoms with Crippen LogP contribution in [-0.2, 0) is 6.54 Å². The van der Waals surface area contributed by atoms with E-state index in [1.54, 1.807) is 19.2 Å². The third kappa shape index (κ3) is 3.00. The van der Waals surface area contributed by atoms with Gasteiger partial charge in [-0.05, 0) is 43.5 Å². The number of ether oxygens (including phenoxy) is 1. The fraction of sp³-hybridized carbons (Fsp3) is 0.471. The van der Waals surface area contributed by atoms with Gasteiger partial charge in [0.15, 0.2) is 0 Å². The van der Waals surface area contributed by atoms with Crippen LogP contribution in [0.25, 0.3) is 11.0 Å². The molecule has 0 spiro atoms. The van der Waals surface area contributed by atoms with E-state index in [0.717, 1.165) is 30.5 Å². The zero-order chi connectivity index (χ0) is 15.7. The maximum atomic E-state index is 11.8. The third-order valence-electron chi connectivity index (χ3n) is 4.42. The molecule has 2 unspecified atom stereocenters. The maximum Gasteiger partial charge on any atom is 0.336 e. The molecule has 0 saturated carbocycles. The molecule has 0 bridgehead atoms. The fourth-order valence-electron chi connectivity index (χ4n) is 3.11. The monoisotopic (exact) mass is 303 g/mol. The van der Waals surface area contributed by atoms with Gasteiger partial charge in [-0.3, -0.25) is 4.90 Å². The molecule has 1 aromatic carbocycles. The zero-order valence-corrected chi connectivity index (χ0v) is 12.9. The van der Waals surface area contributed by atoms with Crippen LogP contribution in [0.1, 0.15) is 18.9 Å². The molecule has 2 aromatic rings. The van der Waals surface area contributed by atoms with Crippen LogP contribution < -0.4 is 10.4 Å². The summed E-state index contributed by atoms with van der Waals surface area (Å²) >= 11 is 0. The van der Waals surface area contributed by atoms with Gasteiger partial charge in [-0.2, -0.15) is 0 Å². The summed E-state index contributed by atoms with van der Waals surface area (Å²) in [5.41, 5.74) is 1.16. The Morgan fingerprint density at radius 1 is 1.45 bits per heavy atom. The lowest BCUT2D eigenvalue weighted by Gasteiger charge is -2.18. The van der Waals surface area contributed by atoms with Gasteiger partial charge in [0.05, 0.1) is 13.2 Å². The lowest BCUT2D eigenvalue weighted by Crippen LogP contribution is -2.24. The quantitative estimate of drug-likeness (QED) is 0.875. The summed E-state index contributed by atoms with van der Waals surface area (Å²) in [5, 5.41) is 10.6. The van der Waals surface area contributed by atoms with Crippen molar-refractivity contribution in [2.24, 2.45) is 5.92 Å². The average molecular weight is 303 g/mol. The molecule has 0 amide bonds. The van der Waals surface area contributed by atoms with Crippen LogP contribution in [0.15, 0.2) is 33.5 Å². The minimum Gasteiger partial charge on any atom is -0.497 e. The molecule has 2 atom stereocenters. The molecule has 118 valence electrons. The molecule has 0 radical (unpaired) electrons. The molecule has 0 aliphatic carbocycles. The Bertz CT molecular complexity index is 722. The number of nitrogens with zero attached hydrogens (tertiary/aromatic N) is 1. The highest BCUT2D eigenvalue weighted by atomic mass is 16.5. The first-order valence-corrected chi connectivity index (χ1v) is 7.58. The topological polar surface area (TPSA) is 62.9 Å². The number of aliphatic hydroxyl groups excluding tert-OH is 1. The maximum absolute atomic E-state index is 11.8. The van der Waals surface area contributed by atoms with E-state index in [1.165, 1.54) is 0 Å². The number of rotatable bonds is 4. The molecule has 22 heavy (non-hydrogen) atoms. The van der Waals surface area contributed by atoms with Gasteiger partial charge in [0.25, 0.3) is 0 Å². The molecule has 1 fully saturated rings. The third-order valence-corrected chi connectivity index (χ3v) is 4.42. The summed E-state index contributed by atoms with van der Waals surface area (Å²) in [5.74, 6) is 0.981. The zero-order valence-electron chi connectivity index (χ0n) is 12.9. The molecule has 1 saturated heterocycles. The Morgan fingerprint density at radius 3 is 2.95 bits per heavy atom. The first-order valence-electron chi connectivity index (χ1n) is 7.58. The molecule has 2 heterocycles. The summed E-state index contributed by atoms with van der Waals surface area (Å²) in [6.45, 7) is 4.33. The van der Waals surface area contributed by atoms with Crippen molar-refractivity contribution in [3.63, 3.8) is 0 Å². The smallest absolute Gasteiger partial charge is 0.336 e. The lowest BCUT2D eigenvalue weighted by atomic mass is 10.0. The van der Waals surface area contributed by atoms with Gasteiger partial charge in [0.2, 0.25) is 0 Å². The first-order chi connectivity index (χ1) is 10.6. The van der Waals surface area contributed by atoms with Crippen molar-refractivity contribution >= 4 is 11.0 Å². The van der Waals surface area contributed by atoms with Gasteiger partial charge < -0.3 is 14.3 Å². The number of benzene rings is 1. The first kappa shape index (κ1) is 15.1. The van der Waals surface area contributed by atoms with E-state index in [0.29, 0.717) is 23.8 Å².